The summed E-state index contributed by atoms with van der Waals surface area (Å²) in [6, 6.07) is 23.6. The fourth-order valence-corrected chi connectivity index (χ4v) is 3.44. The van der Waals surface area contributed by atoms with Gasteiger partial charge in [-0.25, -0.2) is 9.36 Å². The minimum absolute atomic E-state index is 0.377. The first-order valence-electron chi connectivity index (χ1n) is 9.89. The average Bonchev–Trinajstić information content (AvgIpc) is 2.81. The minimum Gasteiger partial charge on any atom is -0.320 e. The first kappa shape index (κ1) is 21.3. The Hall–Kier alpha value is -3.97. The van der Waals surface area contributed by atoms with Crippen molar-refractivity contribution in [2.75, 3.05) is 5.32 Å². The maximum Gasteiger partial charge on any atom is 0.352 e. The Morgan fingerprint density at radius 2 is 1.50 bits per heavy atom. The molecule has 4 rings (SSSR count). The molecule has 8 heteroatoms. The quantitative estimate of drug-likeness (QED) is 0.503. The van der Waals surface area contributed by atoms with E-state index in [0.717, 1.165) is 14.8 Å². The summed E-state index contributed by atoms with van der Waals surface area (Å²) in [5, 5.41) is 7.26. The van der Waals surface area contributed by atoms with Crippen LogP contribution in [0.3, 0.4) is 0 Å². The van der Waals surface area contributed by atoms with Crippen LogP contribution in [-0.4, -0.2) is 20.3 Å². The van der Waals surface area contributed by atoms with Gasteiger partial charge in [0.25, 0.3) is 11.5 Å². The van der Waals surface area contributed by atoms with Gasteiger partial charge in [-0.2, -0.15) is 9.78 Å². The Morgan fingerprint density at radius 3 is 2.12 bits per heavy atom. The van der Waals surface area contributed by atoms with Crippen molar-refractivity contribution in [3.63, 3.8) is 0 Å². The molecular formula is C24H19ClN4O3. The highest BCUT2D eigenvalue weighted by molar-refractivity contribution is 6.30. The number of aromatic nitrogens is 3. The second-order valence-electron chi connectivity index (χ2n) is 7.10. The fourth-order valence-electron chi connectivity index (χ4n) is 3.32. The van der Waals surface area contributed by atoms with Crippen LogP contribution in [0.4, 0.5) is 5.69 Å². The highest BCUT2D eigenvalue weighted by atomic mass is 35.5. The van der Waals surface area contributed by atoms with Gasteiger partial charge in [0.05, 0.1) is 11.7 Å². The maximum absolute atomic E-state index is 13.3. The second-order valence-corrected chi connectivity index (χ2v) is 7.54. The van der Waals surface area contributed by atoms with Crippen LogP contribution < -0.4 is 16.6 Å². The van der Waals surface area contributed by atoms with Crippen molar-refractivity contribution >= 4 is 23.2 Å². The predicted octanol–water partition coefficient (Wildman–Crippen LogP) is 3.91. The molecule has 1 atom stereocenters. The molecule has 0 bridgehead atoms. The van der Waals surface area contributed by atoms with Crippen LogP contribution in [0.5, 0.6) is 0 Å². The van der Waals surface area contributed by atoms with Crippen molar-refractivity contribution < 1.29 is 4.79 Å². The van der Waals surface area contributed by atoms with E-state index >= 15 is 0 Å². The van der Waals surface area contributed by atoms with Gasteiger partial charge in [-0.05, 0) is 48.9 Å². The molecule has 1 aromatic heterocycles. The number of carbonyl (C=O) groups is 1. The van der Waals surface area contributed by atoms with Crippen molar-refractivity contribution in [1.29, 1.82) is 0 Å². The summed E-state index contributed by atoms with van der Waals surface area (Å²) in [5.74, 6) is -0.710. The lowest BCUT2D eigenvalue weighted by Gasteiger charge is -2.17. The largest absolute Gasteiger partial charge is 0.352 e. The number of amides is 1. The Labute approximate surface area is 188 Å². The molecular weight excluding hydrogens is 428 g/mol. The summed E-state index contributed by atoms with van der Waals surface area (Å²) >= 11 is 5.97. The van der Waals surface area contributed by atoms with Gasteiger partial charge in [0.15, 0.2) is 0 Å². The van der Waals surface area contributed by atoms with Crippen LogP contribution >= 0.6 is 11.6 Å². The highest BCUT2D eigenvalue weighted by Gasteiger charge is 2.23. The van der Waals surface area contributed by atoms with Gasteiger partial charge in [0.1, 0.15) is 0 Å². The summed E-state index contributed by atoms with van der Waals surface area (Å²) in [5.41, 5.74) is -0.205. The lowest BCUT2D eigenvalue weighted by atomic mass is 10.1. The SMILES string of the molecule is C[C@H](c1ccccc1)n1c(=O)c(C(=O)Nc2ccccc2)nn(-c2ccc(Cl)cc2)c1=O. The Balaban J connectivity index is 1.90. The lowest BCUT2D eigenvalue weighted by molar-refractivity contribution is 0.101. The molecule has 1 amide bonds. The summed E-state index contributed by atoms with van der Waals surface area (Å²) in [6.07, 6.45) is 0. The fraction of sp³-hybridized carbons (Fsp3) is 0.0833. The number of nitrogens with one attached hydrogen (secondary N) is 1. The van der Waals surface area contributed by atoms with Crippen molar-refractivity contribution in [1.82, 2.24) is 14.3 Å². The molecule has 7 nitrogen and oxygen atoms in total. The van der Waals surface area contributed by atoms with E-state index in [-0.39, 0.29) is 0 Å². The molecule has 0 spiro atoms. The van der Waals surface area contributed by atoms with Crippen molar-refractivity contribution in [3.05, 3.63) is 122 Å². The molecule has 0 unspecified atom stereocenters. The normalized spacial score (nSPS) is 11.7. The zero-order chi connectivity index (χ0) is 22.7. The molecule has 0 aliphatic heterocycles. The molecule has 0 aliphatic carbocycles. The zero-order valence-corrected chi connectivity index (χ0v) is 17.9. The van der Waals surface area contributed by atoms with E-state index in [1.54, 1.807) is 55.5 Å². The first-order valence-corrected chi connectivity index (χ1v) is 10.3. The van der Waals surface area contributed by atoms with Crippen LogP contribution in [0, 0.1) is 0 Å². The standard InChI is InChI=1S/C24H19ClN4O3/c1-16(17-8-4-2-5-9-17)28-23(31)21(22(30)26-19-10-6-3-7-11-19)27-29(24(28)32)20-14-12-18(25)13-15-20/h2-16H,1H3,(H,26,30)/t16-/m1/s1. The number of nitrogens with zero attached hydrogens (tertiary/aromatic N) is 3. The topological polar surface area (TPSA) is 86.0 Å². The van der Waals surface area contributed by atoms with E-state index in [9.17, 15) is 14.4 Å². The molecule has 4 aromatic rings. The van der Waals surface area contributed by atoms with E-state index in [2.05, 4.69) is 10.4 Å². The van der Waals surface area contributed by atoms with E-state index < -0.39 is 28.9 Å². The molecule has 0 fully saturated rings. The predicted molar refractivity (Wildman–Crippen MR) is 124 cm³/mol. The van der Waals surface area contributed by atoms with Crippen LogP contribution in [-0.2, 0) is 0 Å². The number of para-hydroxylation sites is 1. The summed E-state index contributed by atoms with van der Waals surface area (Å²) in [7, 11) is 0. The maximum atomic E-state index is 13.3. The summed E-state index contributed by atoms with van der Waals surface area (Å²) in [4.78, 5) is 39.6. The van der Waals surface area contributed by atoms with Gasteiger partial charge in [-0.15, -0.1) is 0 Å². The third kappa shape index (κ3) is 4.24. The van der Waals surface area contributed by atoms with Gasteiger partial charge in [0, 0.05) is 10.7 Å². The van der Waals surface area contributed by atoms with Crippen LogP contribution in [0.1, 0.15) is 29.0 Å². The summed E-state index contributed by atoms with van der Waals surface area (Å²) < 4.78 is 2.08. The number of benzene rings is 3. The van der Waals surface area contributed by atoms with Crippen molar-refractivity contribution in [3.8, 4) is 5.69 Å². The smallest absolute Gasteiger partial charge is 0.320 e. The highest BCUT2D eigenvalue weighted by Crippen LogP contribution is 2.16. The second kappa shape index (κ2) is 9.03. The Morgan fingerprint density at radius 1 is 0.906 bits per heavy atom. The third-order valence-corrected chi connectivity index (χ3v) is 5.25. The van der Waals surface area contributed by atoms with E-state index in [1.807, 2.05) is 36.4 Å². The van der Waals surface area contributed by atoms with Crippen molar-refractivity contribution in [2.45, 2.75) is 13.0 Å². The molecule has 0 saturated carbocycles. The molecule has 0 saturated heterocycles. The van der Waals surface area contributed by atoms with Gasteiger partial charge >= 0.3 is 5.69 Å². The molecule has 160 valence electrons. The Kier molecular flexibility index (Phi) is 6.00. The van der Waals surface area contributed by atoms with E-state index in [0.29, 0.717) is 16.4 Å². The third-order valence-electron chi connectivity index (χ3n) is 5.00. The van der Waals surface area contributed by atoms with E-state index in [4.69, 9.17) is 11.6 Å². The van der Waals surface area contributed by atoms with Gasteiger partial charge < -0.3 is 5.32 Å². The average molecular weight is 447 g/mol. The van der Waals surface area contributed by atoms with Gasteiger partial charge in [-0.3, -0.25) is 9.59 Å². The molecule has 0 aliphatic rings. The van der Waals surface area contributed by atoms with Crippen molar-refractivity contribution in [2.24, 2.45) is 0 Å². The molecule has 1 heterocycles. The summed E-state index contributed by atoms with van der Waals surface area (Å²) in [6.45, 7) is 1.73. The zero-order valence-electron chi connectivity index (χ0n) is 17.1. The molecule has 3 aromatic carbocycles. The lowest BCUT2D eigenvalue weighted by Crippen LogP contribution is -2.46. The number of hydrogen-bond donors (Lipinski definition) is 1. The van der Waals surface area contributed by atoms with E-state index in [1.165, 1.54) is 0 Å². The Bertz CT molecular complexity index is 1360. The van der Waals surface area contributed by atoms with Gasteiger partial charge in [-0.1, -0.05) is 60.1 Å². The minimum atomic E-state index is -0.773. The van der Waals surface area contributed by atoms with Crippen LogP contribution in [0.25, 0.3) is 5.69 Å². The van der Waals surface area contributed by atoms with Crippen LogP contribution in [0.2, 0.25) is 5.02 Å². The van der Waals surface area contributed by atoms with Crippen LogP contribution in [0.15, 0.2) is 94.5 Å². The molecule has 1 N–H and O–H groups in total. The molecule has 32 heavy (non-hydrogen) atoms. The number of carbonyl (C=O) groups excluding carboxylic acids is 1. The number of hydrogen-bond acceptors (Lipinski definition) is 4. The number of halogens is 1. The van der Waals surface area contributed by atoms with Gasteiger partial charge in [0.2, 0.25) is 5.69 Å². The number of rotatable bonds is 5. The monoisotopic (exact) mass is 446 g/mol. The number of anilines is 1. The molecule has 0 radical (unpaired) electrons. The first-order chi connectivity index (χ1) is 15.5.